The first-order chi connectivity index (χ1) is 13.5. The van der Waals surface area contributed by atoms with Gasteiger partial charge in [0.15, 0.2) is 0 Å². The van der Waals surface area contributed by atoms with Crippen LogP contribution in [-0.2, 0) is 25.0 Å². The summed E-state index contributed by atoms with van der Waals surface area (Å²) in [5, 5.41) is 2.99. The molecule has 0 unspecified atom stereocenters. The lowest BCUT2D eigenvalue weighted by Gasteiger charge is -2.30. The van der Waals surface area contributed by atoms with Crippen LogP contribution in [0.5, 0.6) is 0 Å². The van der Waals surface area contributed by atoms with Gasteiger partial charge in [0.2, 0.25) is 21.8 Å². The molecule has 1 heterocycles. The van der Waals surface area contributed by atoms with E-state index < -0.39 is 15.4 Å². The predicted octanol–water partition coefficient (Wildman–Crippen LogP) is 2.26. The number of nitrogens with one attached hydrogen (secondary N) is 1. The summed E-state index contributed by atoms with van der Waals surface area (Å²) in [6.45, 7) is 5.47. The summed E-state index contributed by atoms with van der Waals surface area (Å²) in [5.41, 5.74) is 0.605. The maximum absolute atomic E-state index is 13.0. The Bertz CT molecular complexity index is 926. The first-order valence-electron chi connectivity index (χ1n) is 10.1. The number of amides is 2. The number of anilines is 1. The fourth-order valence-electron chi connectivity index (χ4n) is 4.36. The second-order valence-electron chi connectivity index (χ2n) is 8.86. The predicted molar refractivity (Wildman–Crippen MR) is 112 cm³/mol. The molecule has 3 rings (SSSR count). The van der Waals surface area contributed by atoms with Gasteiger partial charge in [-0.2, -0.15) is 4.31 Å². The zero-order chi connectivity index (χ0) is 21.6. The van der Waals surface area contributed by atoms with Crippen LogP contribution in [0.4, 0.5) is 5.69 Å². The highest BCUT2D eigenvalue weighted by Crippen LogP contribution is 2.41. The van der Waals surface area contributed by atoms with Crippen molar-refractivity contribution in [2.45, 2.75) is 62.8 Å². The van der Waals surface area contributed by atoms with Crippen molar-refractivity contribution >= 4 is 27.5 Å². The molecule has 1 aromatic carbocycles. The summed E-state index contributed by atoms with van der Waals surface area (Å²) in [6.07, 6.45) is 4.28. The lowest BCUT2D eigenvalue weighted by molar-refractivity contribution is -0.122. The molecular weight excluding hydrogens is 390 g/mol. The molecule has 1 aliphatic heterocycles. The molecule has 2 amide bonds. The van der Waals surface area contributed by atoms with E-state index in [2.05, 4.69) is 12.2 Å². The highest BCUT2D eigenvalue weighted by Gasteiger charge is 2.43. The molecule has 8 heteroatoms. The Hall–Kier alpha value is -1.93. The average molecular weight is 422 g/mol. The summed E-state index contributed by atoms with van der Waals surface area (Å²) < 4.78 is 27.2. The molecule has 1 fully saturated rings. The van der Waals surface area contributed by atoms with Crippen molar-refractivity contribution in [3.8, 4) is 0 Å². The van der Waals surface area contributed by atoms with Gasteiger partial charge in [-0.05, 0) is 56.4 Å². The van der Waals surface area contributed by atoms with Crippen LogP contribution in [-0.4, -0.2) is 51.2 Å². The molecule has 0 saturated heterocycles. The monoisotopic (exact) mass is 421 g/mol. The molecule has 0 spiro atoms. The van der Waals surface area contributed by atoms with Crippen LogP contribution in [0.2, 0.25) is 0 Å². The fourth-order valence-corrected chi connectivity index (χ4v) is 5.52. The summed E-state index contributed by atoms with van der Waals surface area (Å²) >= 11 is 0. The minimum Gasteiger partial charge on any atom is -0.352 e. The third kappa shape index (κ3) is 3.92. The number of hydrogen-bond donors (Lipinski definition) is 1. The molecule has 1 saturated carbocycles. The normalized spacial score (nSPS) is 23.9. The van der Waals surface area contributed by atoms with E-state index in [4.69, 9.17) is 0 Å². The number of sulfonamides is 1. The van der Waals surface area contributed by atoms with E-state index in [-0.39, 0.29) is 29.3 Å². The zero-order valence-electron chi connectivity index (χ0n) is 17.9. The van der Waals surface area contributed by atoms with Gasteiger partial charge < -0.3 is 10.2 Å². The van der Waals surface area contributed by atoms with E-state index >= 15 is 0 Å². The van der Waals surface area contributed by atoms with Gasteiger partial charge in [0.25, 0.3) is 0 Å². The SMILES string of the molecule is C[C@H]1CCCC[C@H]1NC(=O)CN(C)S(=O)(=O)c1ccc2c(c1)C(C)(C)C(=O)N2C. The molecule has 1 aliphatic carbocycles. The van der Waals surface area contributed by atoms with Gasteiger partial charge in [-0.3, -0.25) is 9.59 Å². The number of carbonyl (C=O) groups is 2. The van der Waals surface area contributed by atoms with Gasteiger partial charge in [-0.25, -0.2) is 8.42 Å². The number of hydrogen-bond acceptors (Lipinski definition) is 4. The van der Waals surface area contributed by atoms with Crippen LogP contribution in [0.1, 0.15) is 52.0 Å². The largest absolute Gasteiger partial charge is 0.352 e. The minimum atomic E-state index is -3.85. The number of likely N-dealkylation sites (N-methyl/N-ethyl adjacent to an activating group) is 2. The van der Waals surface area contributed by atoms with Crippen molar-refractivity contribution in [3.05, 3.63) is 23.8 Å². The summed E-state index contributed by atoms with van der Waals surface area (Å²) in [5.74, 6) is 0.0469. The Morgan fingerprint density at radius 3 is 2.59 bits per heavy atom. The molecular formula is C21H31N3O4S. The maximum atomic E-state index is 13.0. The molecule has 1 N–H and O–H groups in total. The standard InChI is InChI=1S/C21H31N3O4S/c1-14-8-6-7-9-17(14)22-19(25)13-23(4)29(27,28)15-10-11-18-16(12-15)21(2,3)20(26)24(18)5/h10-12,14,17H,6-9,13H2,1-5H3,(H,22,25)/t14-,17+/m0/s1. The van der Waals surface area contributed by atoms with Gasteiger partial charge in [-0.15, -0.1) is 0 Å². The lowest BCUT2D eigenvalue weighted by Crippen LogP contribution is -2.46. The molecule has 0 aromatic heterocycles. The number of benzene rings is 1. The Morgan fingerprint density at radius 1 is 1.28 bits per heavy atom. The summed E-state index contributed by atoms with van der Waals surface area (Å²) in [7, 11) is -0.754. The molecule has 0 bridgehead atoms. The highest BCUT2D eigenvalue weighted by atomic mass is 32.2. The molecule has 0 radical (unpaired) electrons. The van der Waals surface area contributed by atoms with Crippen molar-refractivity contribution in [1.29, 1.82) is 0 Å². The summed E-state index contributed by atoms with van der Waals surface area (Å²) in [4.78, 5) is 26.5. The molecule has 29 heavy (non-hydrogen) atoms. The van der Waals surface area contributed by atoms with Gasteiger partial charge in [0.1, 0.15) is 0 Å². The van der Waals surface area contributed by atoms with Crippen molar-refractivity contribution in [1.82, 2.24) is 9.62 Å². The molecule has 2 atom stereocenters. The Morgan fingerprint density at radius 2 is 1.93 bits per heavy atom. The van der Waals surface area contributed by atoms with Crippen LogP contribution >= 0.6 is 0 Å². The highest BCUT2D eigenvalue weighted by molar-refractivity contribution is 7.89. The van der Waals surface area contributed by atoms with Gasteiger partial charge in [0, 0.05) is 25.8 Å². The van der Waals surface area contributed by atoms with E-state index in [1.54, 1.807) is 37.9 Å². The second kappa shape index (κ2) is 7.72. The molecule has 1 aromatic rings. The first-order valence-corrected chi connectivity index (χ1v) is 11.6. The van der Waals surface area contributed by atoms with Crippen LogP contribution in [0.25, 0.3) is 0 Å². The van der Waals surface area contributed by atoms with Crippen molar-refractivity contribution in [3.63, 3.8) is 0 Å². The Balaban J connectivity index is 1.76. The van der Waals surface area contributed by atoms with Crippen LogP contribution < -0.4 is 10.2 Å². The number of fused-ring (bicyclic) bond motifs is 1. The molecule has 2 aliphatic rings. The van der Waals surface area contributed by atoms with Crippen LogP contribution in [0, 0.1) is 5.92 Å². The van der Waals surface area contributed by atoms with E-state index in [9.17, 15) is 18.0 Å². The van der Waals surface area contributed by atoms with Crippen LogP contribution in [0.3, 0.4) is 0 Å². The van der Waals surface area contributed by atoms with Gasteiger partial charge >= 0.3 is 0 Å². The van der Waals surface area contributed by atoms with E-state index in [1.165, 1.54) is 19.5 Å². The quantitative estimate of drug-likeness (QED) is 0.790. The minimum absolute atomic E-state index is 0.0728. The van der Waals surface area contributed by atoms with Gasteiger partial charge in [-0.1, -0.05) is 19.8 Å². The Kier molecular flexibility index (Phi) is 5.80. The lowest BCUT2D eigenvalue weighted by atomic mass is 9.86. The number of nitrogens with zero attached hydrogens (tertiary/aromatic N) is 2. The zero-order valence-corrected chi connectivity index (χ0v) is 18.7. The third-order valence-electron chi connectivity index (χ3n) is 6.37. The first kappa shape index (κ1) is 21.8. The van der Waals surface area contributed by atoms with Crippen molar-refractivity contribution in [2.24, 2.45) is 5.92 Å². The second-order valence-corrected chi connectivity index (χ2v) is 10.9. The third-order valence-corrected chi connectivity index (χ3v) is 8.17. The van der Waals surface area contributed by atoms with Crippen molar-refractivity contribution in [2.75, 3.05) is 25.5 Å². The maximum Gasteiger partial charge on any atom is 0.243 e. The topological polar surface area (TPSA) is 86.8 Å². The van der Waals surface area contributed by atoms with E-state index in [0.717, 1.165) is 23.6 Å². The molecule has 7 nitrogen and oxygen atoms in total. The fraction of sp³-hybridized carbons (Fsp3) is 0.619. The number of carbonyl (C=O) groups excluding carboxylic acids is 2. The smallest absolute Gasteiger partial charge is 0.243 e. The van der Waals surface area contributed by atoms with Gasteiger partial charge in [0.05, 0.1) is 16.9 Å². The van der Waals surface area contributed by atoms with E-state index in [1.807, 2.05) is 0 Å². The Labute approximate surface area is 173 Å². The summed E-state index contributed by atoms with van der Waals surface area (Å²) in [6, 6.07) is 4.82. The van der Waals surface area contributed by atoms with E-state index in [0.29, 0.717) is 17.2 Å². The van der Waals surface area contributed by atoms with Crippen LogP contribution in [0.15, 0.2) is 23.1 Å². The number of rotatable bonds is 5. The molecule has 160 valence electrons. The average Bonchev–Trinajstić information content (AvgIpc) is 2.83. The van der Waals surface area contributed by atoms with Crippen molar-refractivity contribution < 1.29 is 18.0 Å².